The second-order valence-corrected chi connectivity index (χ2v) is 13.3. The van der Waals surface area contributed by atoms with Crippen LogP contribution in [0.1, 0.15) is 54.1 Å². The van der Waals surface area contributed by atoms with Gasteiger partial charge in [-0.1, -0.05) is 12.1 Å². The lowest BCUT2D eigenvalue weighted by molar-refractivity contribution is 0.0898. The number of nitrogens with two attached hydrogens (primary N) is 1. The molecule has 3 aliphatic rings. The number of fused-ring (bicyclic) bond motifs is 1. The van der Waals surface area contributed by atoms with E-state index in [4.69, 9.17) is 10.5 Å². The third-order valence-electron chi connectivity index (χ3n) is 10.4. The second-order valence-electron chi connectivity index (χ2n) is 13.3. The number of ether oxygens (including phenoxy) is 1. The highest BCUT2D eigenvalue weighted by Crippen LogP contribution is 2.29. The van der Waals surface area contributed by atoms with E-state index in [1.54, 1.807) is 9.13 Å². The Balaban J connectivity index is 1.00. The zero-order valence-corrected chi connectivity index (χ0v) is 27.4. The van der Waals surface area contributed by atoms with Crippen LogP contribution in [0.3, 0.4) is 0 Å². The summed E-state index contributed by atoms with van der Waals surface area (Å²) in [4.78, 5) is 40.8. The number of halogens is 1. The largest absolute Gasteiger partial charge is 0.496 e. The molecule has 7 rings (SSSR count). The van der Waals surface area contributed by atoms with Gasteiger partial charge in [0.05, 0.1) is 18.4 Å². The van der Waals surface area contributed by atoms with Crippen molar-refractivity contribution >= 4 is 22.9 Å². The van der Waals surface area contributed by atoms with Crippen molar-refractivity contribution in [3.05, 3.63) is 76.2 Å². The van der Waals surface area contributed by atoms with Crippen molar-refractivity contribution in [1.29, 1.82) is 0 Å². The predicted octanol–water partition coefficient (Wildman–Crippen LogP) is 2.95. The molecular weight excluding hydrogens is 613 g/mol. The number of nitrogens with zero attached hydrogens (tertiary/aromatic N) is 6. The van der Waals surface area contributed by atoms with Gasteiger partial charge >= 0.3 is 5.69 Å². The van der Waals surface area contributed by atoms with Crippen LogP contribution in [0.2, 0.25) is 0 Å². The Bertz CT molecular complexity index is 1800. The molecule has 2 aromatic heterocycles. The number of anilines is 1. The average Bonchev–Trinajstić information content (AvgIpc) is 3.39. The van der Waals surface area contributed by atoms with Gasteiger partial charge in [0, 0.05) is 50.9 Å². The summed E-state index contributed by atoms with van der Waals surface area (Å²) in [5, 5.41) is 6.23. The number of likely N-dealkylation sites (tertiary alicyclic amines) is 2. The topological polar surface area (TPSA) is 136 Å². The molecule has 1 amide bonds. The molecule has 13 heteroatoms. The van der Waals surface area contributed by atoms with Crippen LogP contribution >= 0.6 is 0 Å². The number of hydrogen-bond donors (Lipinski definition) is 3. The zero-order valence-electron chi connectivity index (χ0n) is 27.4. The van der Waals surface area contributed by atoms with Gasteiger partial charge in [-0.15, -0.1) is 0 Å². The van der Waals surface area contributed by atoms with Crippen LogP contribution in [0.15, 0.2) is 53.6 Å². The summed E-state index contributed by atoms with van der Waals surface area (Å²) in [6.07, 6.45) is 6.99. The lowest BCUT2D eigenvalue weighted by Crippen LogP contribution is -2.58. The van der Waals surface area contributed by atoms with Crippen molar-refractivity contribution < 1.29 is 13.9 Å². The summed E-state index contributed by atoms with van der Waals surface area (Å²) in [6.45, 7) is 7.97. The molecule has 0 bridgehead atoms. The maximum atomic E-state index is 14.1. The number of rotatable bonds is 10. The minimum absolute atomic E-state index is 0.0177. The molecule has 4 N–H and O–H groups in total. The Kier molecular flexibility index (Phi) is 9.42. The lowest BCUT2D eigenvalue weighted by atomic mass is 9.91. The van der Waals surface area contributed by atoms with Crippen molar-refractivity contribution in [3.8, 4) is 11.4 Å². The number of imidazole rings is 1. The fraction of sp³-hybridized carbons (Fsp3) is 0.486. The fourth-order valence-electron chi connectivity index (χ4n) is 7.43. The van der Waals surface area contributed by atoms with E-state index in [0.29, 0.717) is 16.9 Å². The van der Waals surface area contributed by atoms with Crippen molar-refractivity contribution in [2.75, 3.05) is 58.7 Å². The van der Waals surface area contributed by atoms with Crippen molar-refractivity contribution in [1.82, 2.24) is 39.5 Å². The number of piperidine rings is 2. The normalized spacial score (nSPS) is 18.6. The molecule has 254 valence electrons. The van der Waals surface area contributed by atoms with Gasteiger partial charge in [-0.05, 0) is 87.5 Å². The Labute approximate surface area is 279 Å². The molecule has 0 aliphatic carbocycles. The number of carbonyl (C=O) groups excluding carboxylic acids is 1. The van der Waals surface area contributed by atoms with Crippen molar-refractivity contribution in [3.63, 3.8) is 0 Å². The molecule has 3 saturated heterocycles. The molecule has 4 aromatic rings. The van der Waals surface area contributed by atoms with Gasteiger partial charge in [0.2, 0.25) is 0 Å². The highest BCUT2D eigenvalue weighted by Gasteiger charge is 2.30. The van der Waals surface area contributed by atoms with E-state index in [2.05, 4.69) is 30.4 Å². The third kappa shape index (κ3) is 6.54. The Morgan fingerprint density at radius 1 is 1.02 bits per heavy atom. The number of amides is 1. The predicted molar refractivity (Wildman–Crippen MR) is 182 cm³/mol. The molecule has 0 radical (unpaired) electrons. The molecule has 0 atom stereocenters. The Morgan fingerprint density at radius 2 is 1.77 bits per heavy atom. The number of carbonyl (C=O) groups is 1. The number of benzene rings is 2. The first-order valence-corrected chi connectivity index (χ1v) is 17.0. The molecule has 3 aliphatic heterocycles. The highest BCUT2D eigenvalue weighted by molar-refractivity contribution is 5.96. The van der Waals surface area contributed by atoms with E-state index in [9.17, 15) is 14.0 Å². The molecule has 12 nitrogen and oxygen atoms in total. The molecule has 3 fully saturated rings. The summed E-state index contributed by atoms with van der Waals surface area (Å²) in [5.41, 5.74) is 8.91. The molecule has 0 saturated carbocycles. The summed E-state index contributed by atoms with van der Waals surface area (Å²) >= 11 is 0. The van der Waals surface area contributed by atoms with E-state index in [-0.39, 0.29) is 41.3 Å². The van der Waals surface area contributed by atoms with Gasteiger partial charge in [-0.25, -0.2) is 19.2 Å². The quantitative estimate of drug-likeness (QED) is 0.235. The van der Waals surface area contributed by atoms with E-state index < -0.39 is 5.82 Å². The van der Waals surface area contributed by atoms with Gasteiger partial charge < -0.3 is 26.0 Å². The molecule has 2 aromatic carbocycles. The van der Waals surface area contributed by atoms with Crippen LogP contribution < -0.4 is 26.8 Å². The number of hydrogen-bond acceptors (Lipinski definition) is 9. The van der Waals surface area contributed by atoms with Crippen LogP contribution in [-0.4, -0.2) is 93.8 Å². The molecule has 0 spiro atoms. The van der Waals surface area contributed by atoms with E-state index in [1.165, 1.54) is 64.0 Å². The summed E-state index contributed by atoms with van der Waals surface area (Å²) in [7, 11) is 1.39. The van der Waals surface area contributed by atoms with Gasteiger partial charge in [0.1, 0.15) is 23.4 Å². The maximum Gasteiger partial charge on any atom is 0.335 e. The molecule has 5 heterocycles. The zero-order chi connectivity index (χ0) is 33.2. The number of nitrogens with one attached hydrogen (secondary N) is 2. The van der Waals surface area contributed by atoms with Gasteiger partial charge in [0.15, 0.2) is 11.5 Å². The summed E-state index contributed by atoms with van der Waals surface area (Å²) < 4.78 is 22.1. The van der Waals surface area contributed by atoms with Gasteiger partial charge in [-0.2, -0.15) is 0 Å². The van der Waals surface area contributed by atoms with E-state index in [1.807, 2.05) is 24.3 Å². The van der Waals surface area contributed by atoms with Gasteiger partial charge in [-0.3, -0.25) is 18.8 Å². The first kappa shape index (κ1) is 32.2. The Hall–Kier alpha value is -4.33. The van der Waals surface area contributed by atoms with Crippen LogP contribution in [0.5, 0.6) is 5.75 Å². The van der Waals surface area contributed by atoms with E-state index >= 15 is 0 Å². The molecular formula is C35H44FN9O3. The minimum Gasteiger partial charge on any atom is -0.496 e. The monoisotopic (exact) mass is 657 g/mol. The number of aromatic nitrogens is 4. The third-order valence-corrected chi connectivity index (χ3v) is 10.4. The van der Waals surface area contributed by atoms with Crippen molar-refractivity contribution in [2.24, 2.45) is 5.92 Å². The fourth-order valence-corrected chi connectivity index (χ4v) is 7.43. The Morgan fingerprint density at radius 3 is 2.46 bits per heavy atom. The highest BCUT2D eigenvalue weighted by atomic mass is 19.1. The maximum absolute atomic E-state index is 14.1. The van der Waals surface area contributed by atoms with Crippen LogP contribution in [-0.2, 0) is 6.54 Å². The minimum atomic E-state index is -0.481. The SMILES string of the molecule is COc1cc(F)ccc1C(=O)NCc1ccc(-n2c(=O)n(C3CCN(CCC4CCN(C5CNC5)CC4)CC3)c3ncnc(N)c32)cc1. The standard InChI is InChI=1S/C35H44FN9O3/c1-48-30-18-25(36)4-7-29(30)34(46)39-19-24-2-5-26(6-3-24)44-31-32(37)40-22-41-33(31)45(35(44)47)27-11-14-42(15-12-27)13-8-23-9-16-43(17-10-23)28-20-38-21-28/h2-7,18,22-23,27-28,38H,8-17,19-21H2,1H3,(H,39,46)(H2,37,40,41). The molecule has 48 heavy (non-hydrogen) atoms. The van der Waals surface area contributed by atoms with Crippen LogP contribution in [0.4, 0.5) is 10.2 Å². The van der Waals surface area contributed by atoms with Crippen LogP contribution in [0, 0.1) is 11.7 Å². The second kappa shape index (κ2) is 14.0. The summed E-state index contributed by atoms with van der Waals surface area (Å²) in [6, 6.07) is 11.9. The van der Waals surface area contributed by atoms with Crippen LogP contribution in [0.25, 0.3) is 16.9 Å². The summed E-state index contributed by atoms with van der Waals surface area (Å²) in [5.74, 6) is 0.350. The first-order chi connectivity index (χ1) is 23.4. The smallest absolute Gasteiger partial charge is 0.335 e. The van der Waals surface area contributed by atoms with E-state index in [0.717, 1.165) is 63.1 Å². The van der Waals surface area contributed by atoms with Gasteiger partial charge in [0.25, 0.3) is 5.91 Å². The average molecular weight is 658 g/mol. The molecule has 0 unspecified atom stereocenters. The lowest BCUT2D eigenvalue weighted by Gasteiger charge is -2.42. The van der Waals surface area contributed by atoms with Crippen molar-refractivity contribution in [2.45, 2.75) is 50.7 Å². The first-order valence-electron chi connectivity index (χ1n) is 17.0. The number of nitrogen functional groups attached to an aromatic ring is 1. The number of methoxy groups -OCH3 is 1.